The molecule has 1 amide bonds. The summed E-state index contributed by atoms with van der Waals surface area (Å²) < 4.78 is 4.88. The van der Waals surface area contributed by atoms with Gasteiger partial charge < -0.3 is 4.42 Å². The van der Waals surface area contributed by atoms with Crippen molar-refractivity contribution in [2.45, 2.75) is 6.54 Å². The lowest BCUT2D eigenvalue weighted by Crippen LogP contribution is -1.99. The van der Waals surface area contributed by atoms with Gasteiger partial charge >= 0.3 is 0 Å². The Hall–Kier alpha value is -1.25. The van der Waals surface area contributed by atoms with Crippen LogP contribution in [-0.4, -0.2) is 6.41 Å². The quantitative estimate of drug-likeness (QED) is 0.552. The molecule has 1 rings (SSSR count). The number of amides is 1. The Balaban J connectivity index is 2.38. The molecule has 0 aliphatic heterocycles. The smallest absolute Gasteiger partial charge is 0.228 e. The number of hydrogen-bond acceptors (Lipinski definition) is 2. The zero-order valence-electron chi connectivity index (χ0n) is 4.78. The van der Waals surface area contributed by atoms with Gasteiger partial charge in [0.1, 0.15) is 12.3 Å². The fourth-order valence-corrected chi connectivity index (χ4v) is 0.530. The number of nitrogens with zero attached hydrogens (tertiary/aromatic N) is 1. The molecule has 1 aromatic heterocycles. The largest absolute Gasteiger partial charge is 0.467 e. The molecule has 0 saturated heterocycles. The average molecular weight is 124 g/mol. The van der Waals surface area contributed by atoms with Crippen molar-refractivity contribution in [2.75, 3.05) is 0 Å². The third-order valence-electron chi connectivity index (χ3n) is 0.902. The van der Waals surface area contributed by atoms with Crippen LogP contribution in [0.2, 0.25) is 0 Å². The number of rotatable bonds is 3. The fraction of sp³-hybridized carbons (Fsp3) is 0.167. The molecule has 0 N–H and O–H groups in total. The van der Waals surface area contributed by atoms with Crippen LogP contribution < -0.4 is 5.32 Å². The molecular formula is C6H6NO2. The van der Waals surface area contributed by atoms with E-state index in [1.165, 1.54) is 0 Å². The predicted molar refractivity (Wildman–Crippen MR) is 30.6 cm³/mol. The second kappa shape index (κ2) is 2.91. The van der Waals surface area contributed by atoms with Gasteiger partial charge in [0, 0.05) is 0 Å². The molecule has 0 fully saturated rings. The van der Waals surface area contributed by atoms with Gasteiger partial charge in [-0.1, -0.05) is 0 Å². The number of carbonyl (C=O) groups is 1. The maximum atomic E-state index is 9.69. The summed E-state index contributed by atoms with van der Waals surface area (Å²) in [6, 6.07) is 3.53. The SMILES string of the molecule is O=C[N]Cc1ccco1. The van der Waals surface area contributed by atoms with Gasteiger partial charge in [-0.15, -0.1) is 0 Å². The van der Waals surface area contributed by atoms with Gasteiger partial charge in [-0.2, -0.15) is 0 Å². The van der Waals surface area contributed by atoms with Crippen LogP contribution in [0.4, 0.5) is 0 Å². The van der Waals surface area contributed by atoms with Crippen molar-refractivity contribution >= 4 is 6.41 Å². The normalized spacial score (nSPS) is 8.89. The minimum absolute atomic E-state index is 0.344. The molecule has 0 bridgehead atoms. The summed E-state index contributed by atoms with van der Waals surface area (Å²) >= 11 is 0. The van der Waals surface area contributed by atoms with Gasteiger partial charge in [0.05, 0.1) is 6.26 Å². The zero-order chi connectivity index (χ0) is 6.53. The molecule has 1 aromatic rings. The number of hydrogen-bond donors (Lipinski definition) is 0. The van der Waals surface area contributed by atoms with E-state index in [2.05, 4.69) is 5.32 Å². The third-order valence-corrected chi connectivity index (χ3v) is 0.902. The summed E-state index contributed by atoms with van der Waals surface area (Å²) in [5.41, 5.74) is 0. The summed E-state index contributed by atoms with van der Waals surface area (Å²) in [5.74, 6) is 0.710. The standard InChI is InChI=1S/C6H6NO2/c8-5-7-4-6-2-1-3-9-6/h1-3,5H,4H2. The van der Waals surface area contributed by atoms with Gasteiger partial charge in [-0.25, -0.2) is 5.32 Å². The van der Waals surface area contributed by atoms with Gasteiger partial charge in [-0.3, -0.25) is 4.79 Å². The van der Waals surface area contributed by atoms with Crippen LogP contribution >= 0.6 is 0 Å². The summed E-state index contributed by atoms with van der Waals surface area (Å²) in [6.07, 6.45) is 2.07. The summed E-state index contributed by atoms with van der Waals surface area (Å²) in [4.78, 5) is 9.69. The molecule has 0 aromatic carbocycles. The first-order chi connectivity index (χ1) is 4.43. The highest BCUT2D eigenvalue weighted by Crippen LogP contribution is 1.97. The van der Waals surface area contributed by atoms with E-state index in [1.807, 2.05) is 0 Å². The molecule has 9 heavy (non-hydrogen) atoms. The summed E-state index contributed by atoms with van der Waals surface area (Å²) in [6.45, 7) is 0.344. The second-order valence-corrected chi connectivity index (χ2v) is 1.53. The molecule has 0 spiro atoms. The first-order valence-corrected chi connectivity index (χ1v) is 2.56. The first kappa shape index (κ1) is 5.88. The van der Waals surface area contributed by atoms with Gasteiger partial charge in [0.15, 0.2) is 0 Å². The topological polar surface area (TPSA) is 44.3 Å². The molecular weight excluding hydrogens is 118 g/mol. The van der Waals surface area contributed by atoms with Crippen LogP contribution in [0.3, 0.4) is 0 Å². The van der Waals surface area contributed by atoms with E-state index < -0.39 is 0 Å². The van der Waals surface area contributed by atoms with E-state index in [1.54, 1.807) is 18.4 Å². The lowest BCUT2D eigenvalue weighted by atomic mass is 10.4. The Bertz CT molecular complexity index is 169. The van der Waals surface area contributed by atoms with E-state index in [0.29, 0.717) is 18.7 Å². The Morgan fingerprint density at radius 2 is 2.67 bits per heavy atom. The summed E-state index contributed by atoms with van der Waals surface area (Å²) in [7, 11) is 0. The van der Waals surface area contributed by atoms with E-state index in [9.17, 15) is 4.79 Å². The molecule has 0 saturated carbocycles. The highest BCUT2D eigenvalue weighted by atomic mass is 16.3. The summed E-state index contributed by atoms with van der Waals surface area (Å²) in [5, 5.41) is 3.44. The molecule has 3 heteroatoms. The molecule has 1 radical (unpaired) electrons. The lowest BCUT2D eigenvalue weighted by molar-refractivity contribution is -0.110. The number of carbonyl (C=O) groups excluding carboxylic acids is 1. The van der Waals surface area contributed by atoms with Crippen LogP contribution in [0.25, 0.3) is 0 Å². The maximum absolute atomic E-state index is 9.69. The Labute approximate surface area is 52.7 Å². The molecule has 0 aliphatic rings. The van der Waals surface area contributed by atoms with E-state index in [0.717, 1.165) is 0 Å². The van der Waals surface area contributed by atoms with Crippen molar-refractivity contribution in [1.29, 1.82) is 0 Å². The molecule has 1 heterocycles. The first-order valence-electron chi connectivity index (χ1n) is 2.56. The van der Waals surface area contributed by atoms with E-state index in [4.69, 9.17) is 4.42 Å². The Morgan fingerprint density at radius 1 is 1.78 bits per heavy atom. The van der Waals surface area contributed by atoms with Crippen LogP contribution in [0.5, 0.6) is 0 Å². The van der Waals surface area contributed by atoms with Crippen LogP contribution in [0.1, 0.15) is 5.76 Å². The second-order valence-electron chi connectivity index (χ2n) is 1.53. The third kappa shape index (κ3) is 1.60. The minimum atomic E-state index is 0.344. The predicted octanol–water partition coefficient (Wildman–Crippen LogP) is 0.540. The maximum Gasteiger partial charge on any atom is 0.228 e. The monoisotopic (exact) mass is 124 g/mol. The Kier molecular flexibility index (Phi) is 1.90. The Morgan fingerprint density at radius 3 is 3.22 bits per heavy atom. The highest BCUT2D eigenvalue weighted by molar-refractivity contribution is 5.45. The van der Waals surface area contributed by atoms with Gasteiger partial charge in [0.25, 0.3) is 0 Å². The number of furan rings is 1. The van der Waals surface area contributed by atoms with Crippen molar-refractivity contribution in [3.63, 3.8) is 0 Å². The average Bonchev–Trinajstić information content (AvgIpc) is 2.34. The van der Waals surface area contributed by atoms with Crippen LogP contribution in [0.15, 0.2) is 22.8 Å². The van der Waals surface area contributed by atoms with E-state index >= 15 is 0 Å². The van der Waals surface area contributed by atoms with Gasteiger partial charge in [-0.05, 0) is 12.1 Å². The van der Waals surface area contributed by atoms with Crippen molar-refractivity contribution in [1.82, 2.24) is 5.32 Å². The van der Waals surface area contributed by atoms with E-state index in [-0.39, 0.29) is 0 Å². The molecule has 0 unspecified atom stereocenters. The molecule has 0 atom stereocenters. The highest BCUT2D eigenvalue weighted by Gasteiger charge is 1.91. The fourth-order valence-electron chi connectivity index (χ4n) is 0.530. The molecule has 3 nitrogen and oxygen atoms in total. The van der Waals surface area contributed by atoms with Crippen molar-refractivity contribution in [2.24, 2.45) is 0 Å². The molecule has 0 aliphatic carbocycles. The van der Waals surface area contributed by atoms with Crippen molar-refractivity contribution in [3.8, 4) is 0 Å². The lowest BCUT2D eigenvalue weighted by Gasteiger charge is -1.86. The van der Waals surface area contributed by atoms with Crippen molar-refractivity contribution in [3.05, 3.63) is 24.2 Å². The van der Waals surface area contributed by atoms with Crippen LogP contribution in [0, 0.1) is 0 Å². The van der Waals surface area contributed by atoms with Crippen molar-refractivity contribution < 1.29 is 9.21 Å². The molecule has 47 valence electrons. The van der Waals surface area contributed by atoms with Crippen LogP contribution in [-0.2, 0) is 11.3 Å². The minimum Gasteiger partial charge on any atom is -0.467 e. The van der Waals surface area contributed by atoms with Gasteiger partial charge in [0.2, 0.25) is 6.41 Å². The zero-order valence-corrected chi connectivity index (χ0v) is 4.78.